The molecule has 1 atom stereocenters. The number of carbonyl (C=O) groups is 1. The molecule has 1 rings (SSSR count). The number of urea groups is 1. The molecule has 1 unspecified atom stereocenters. The van der Waals surface area contributed by atoms with Crippen molar-refractivity contribution in [3.05, 3.63) is 30.3 Å². The molecule has 0 heterocycles. The van der Waals surface area contributed by atoms with Crippen LogP contribution in [0.5, 0.6) is 0 Å². The maximum atomic E-state index is 11.4. The fraction of sp³-hybridized carbons (Fsp3) is 0.364. The first kappa shape index (κ1) is 11.5. The second-order valence-electron chi connectivity index (χ2n) is 3.44. The highest BCUT2D eigenvalue weighted by molar-refractivity contribution is 5.89. The predicted molar refractivity (Wildman–Crippen MR) is 61.7 cm³/mol. The van der Waals surface area contributed by atoms with Crippen LogP contribution in [0.2, 0.25) is 0 Å². The first-order chi connectivity index (χ1) is 7.22. The monoisotopic (exact) mass is 207 g/mol. The van der Waals surface area contributed by atoms with E-state index in [1.165, 1.54) is 0 Å². The van der Waals surface area contributed by atoms with Crippen molar-refractivity contribution >= 4 is 11.7 Å². The number of hydrogen-bond acceptors (Lipinski definition) is 2. The number of rotatable bonds is 4. The summed E-state index contributed by atoms with van der Waals surface area (Å²) >= 11 is 0. The summed E-state index contributed by atoms with van der Waals surface area (Å²) in [6, 6.07) is 9.24. The second-order valence-corrected chi connectivity index (χ2v) is 3.44. The van der Waals surface area contributed by atoms with Gasteiger partial charge in [-0.1, -0.05) is 18.2 Å². The van der Waals surface area contributed by atoms with Gasteiger partial charge in [0.05, 0.1) is 0 Å². The zero-order chi connectivity index (χ0) is 11.1. The van der Waals surface area contributed by atoms with Gasteiger partial charge in [0, 0.05) is 11.7 Å². The van der Waals surface area contributed by atoms with E-state index in [2.05, 4.69) is 10.6 Å². The third kappa shape index (κ3) is 4.46. The molecule has 82 valence electrons. The van der Waals surface area contributed by atoms with Gasteiger partial charge in [0.2, 0.25) is 0 Å². The number of carbonyl (C=O) groups excluding carboxylic acids is 1. The average molecular weight is 207 g/mol. The van der Waals surface area contributed by atoms with E-state index in [0.717, 1.165) is 12.1 Å². The quantitative estimate of drug-likeness (QED) is 0.701. The minimum atomic E-state index is -0.192. The van der Waals surface area contributed by atoms with Crippen LogP contribution in [-0.2, 0) is 0 Å². The minimum Gasteiger partial charge on any atom is -0.335 e. The molecule has 1 aromatic carbocycles. The Morgan fingerprint density at radius 1 is 1.40 bits per heavy atom. The van der Waals surface area contributed by atoms with E-state index in [0.29, 0.717) is 6.54 Å². The summed E-state index contributed by atoms with van der Waals surface area (Å²) in [5.74, 6) is 0. The first-order valence-electron chi connectivity index (χ1n) is 5.05. The van der Waals surface area contributed by atoms with Crippen molar-refractivity contribution in [3.8, 4) is 0 Å². The van der Waals surface area contributed by atoms with Gasteiger partial charge in [0.25, 0.3) is 0 Å². The Kier molecular flexibility index (Phi) is 4.63. The molecule has 4 heteroatoms. The van der Waals surface area contributed by atoms with Gasteiger partial charge < -0.3 is 16.4 Å². The molecule has 2 amide bonds. The normalized spacial score (nSPS) is 11.9. The molecule has 0 saturated carbocycles. The van der Waals surface area contributed by atoms with Crippen molar-refractivity contribution in [2.75, 3.05) is 11.9 Å². The number of hydrogen-bond donors (Lipinski definition) is 3. The summed E-state index contributed by atoms with van der Waals surface area (Å²) in [4.78, 5) is 11.4. The van der Waals surface area contributed by atoms with E-state index in [-0.39, 0.29) is 12.1 Å². The van der Waals surface area contributed by atoms with Gasteiger partial charge in [0.1, 0.15) is 0 Å². The molecule has 0 saturated heterocycles. The fourth-order valence-corrected chi connectivity index (χ4v) is 1.23. The third-order valence-electron chi connectivity index (χ3n) is 2.01. The molecule has 0 fully saturated rings. The molecule has 15 heavy (non-hydrogen) atoms. The number of para-hydroxylation sites is 1. The molecule has 0 aromatic heterocycles. The Morgan fingerprint density at radius 3 is 2.67 bits per heavy atom. The van der Waals surface area contributed by atoms with Gasteiger partial charge in [-0.25, -0.2) is 4.79 Å². The zero-order valence-electron chi connectivity index (χ0n) is 8.86. The van der Waals surface area contributed by atoms with Crippen molar-refractivity contribution in [1.82, 2.24) is 5.32 Å². The molecule has 0 aliphatic heterocycles. The topological polar surface area (TPSA) is 67.1 Å². The van der Waals surface area contributed by atoms with E-state index in [4.69, 9.17) is 5.73 Å². The fourth-order valence-electron chi connectivity index (χ4n) is 1.23. The van der Waals surface area contributed by atoms with E-state index in [1.807, 2.05) is 37.3 Å². The zero-order valence-corrected chi connectivity index (χ0v) is 8.86. The van der Waals surface area contributed by atoms with Crippen LogP contribution in [0.25, 0.3) is 0 Å². The number of anilines is 1. The summed E-state index contributed by atoms with van der Waals surface area (Å²) in [5, 5.41) is 5.54. The van der Waals surface area contributed by atoms with Gasteiger partial charge in [-0.2, -0.15) is 0 Å². The Morgan fingerprint density at radius 2 is 2.07 bits per heavy atom. The number of amides is 2. The highest BCUT2D eigenvalue weighted by atomic mass is 16.2. The van der Waals surface area contributed by atoms with E-state index >= 15 is 0 Å². The lowest BCUT2D eigenvalue weighted by molar-refractivity contribution is 0.249. The van der Waals surface area contributed by atoms with E-state index in [1.54, 1.807) is 0 Å². The van der Waals surface area contributed by atoms with Crippen molar-refractivity contribution in [3.63, 3.8) is 0 Å². The van der Waals surface area contributed by atoms with Crippen LogP contribution >= 0.6 is 0 Å². The lowest BCUT2D eigenvalue weighted by Gasteiger charge is -2.13. The van der Waals surface area contributed by atoms with Crippen LogP contribution in [0, 0.1) is 0 Å². The maximum absolute atomic E-state index is 11.4. The Labute approximate surface area is 89.9 Å². The smallest absolute Gasteiger partial charge is 0.319 e. The second kappa shape index (κ2) is 6.03. The van der Waals surface area contributed by atoms with Gasteiger partial charge in [0.15, 0.2) is 0 Å². The van der Waals surface area contributed by atoms with Crippen molar-refractivity contribution in [2.24, 2.45) is 5.73 Å². The number of nitrogens with two attached hydrogens (primary N) is 1. The number of nitrogens with one attached hydrogen (secondary N) is 2. The highest BCUT2D eigenvalue weighted by Crippen LogP contribution is 2.04. The SMILES string of the molecule is CC(CCN)NC(=O)Nc1ccccc1. The number of benzene rings is 1. The average Bonchev–Trinajstić information content (AvgIpc) is 2.19. The lowest BCUT2D eigenvalue weighted by Crippen LogP contribution is -2.37. The Bertz CT molecular complexity index is 300. The van der Waals surface area contributed by atoms with E-state index < -0.39 is 0 Å². The molecule has 0 aliphatic carbocycles. The van der Waals surface area contributed by atoms with Gasteiger partial charge in [-0.05, 0) is 32.0 Å². The molecule has 0 bridgehead atoms. The van der Waals surface area contributed by atoms with Crippen LogP contribution in [0.3, 0.4) is 0 Å². The minimum absolute atomic E-state index is 0.0960. The molecule has 0 spiro atoms. The summed E-state index contributed by atoms with van der Waals surface area (Å²) in [6.07, 6.45) is 0.780. The molecule has 1 aromatic rings. The Balaban J connectivity index is 2.36. The van der Waals surface area contributed by atoms with Crippen molar-refractivity contribution < 1.29 is 4.79 Å². The summed E-state index contributed by atoms with van der Waals surface area (Å²) in [5.41, 5.74) is 6.17. The lowest BCUT2D eigenvalue weighted by atomic mass is 10.2. The van der Waals surface area contributed by atoms with Gasteiger partial charge in [-0.3, -0.25) is 0 Å². The van der Waals surface area contributed by atoms with Crippen LogP contribution in [0.15, 0.2) is 30.3 Å². The van der Waals surface area contributed by atoms with Crippen LogP contribution < -0.4 is 16.4 Å². The molecule has 4 nitrogen and oxygen atoms in total. The van der Waals surface area contributed by atoms with Crippen LogP contribution in [-0.4, -0.2) is 18.6 Å². The Hall–Kier alpha value is -1.55. The highest BCUT2D eigenvalue weighted by Gasteiger charge is 2.05. The molecule has 4 N–H and O–H groups in total. The van der Waals surface area contributed by atoms with Gasteiger partial charge >= 0.3 is 6.03 Å². The van der Waals surface area contributed by atoms with Crippen molar-refractivity contribution in [1.29, 1.82) is 0 Å². The van der Waals surface area contributed by atoms with E-state index in [9.17, 15) is 4.79 Å². The molecular formula is C11H17N3O. The summed E-state index contributed by atoms with van der Waals surface area (Å²) in [7, 11) is 0. The third-order valence-corrected chi connectivity index (χ3v) is 2.01. The molecule has 0 radical (unpaired) electrons. The standard InChI is InChI=1S/C11H17N3O/c1-9(7-8-12)13-11(15)14-10-5-3-2-4-6-10/h2-6,9H,7-8,12H2,1H3,(H2,13,14,15). The van der Waals surface area contributed by atoms with Gasteiger partial charge in [-0.15, -0.1) is 0 Å². The first-order valence-corrected chi connectivity index (χ1v) is 5.05. The molecular weight excluding hydrogens is 190 g/mol. The predicted octanol–water partition coefficient (Wildman–Crippen LogP) is 1.55. The largest absolute Gasteiger partial charge is 0.335 e. The van der Waals surface area contributed by atoms with Crippen molar-refractivity contribution in [2.45, 2.75) is 19.4 Å². The summed E-state index contributed by atoms with van der Waals surface area (Å²) < 4.78 is 0. The van der Waals surface area contributed by atoms with Crippen LogP contribution in [0.4, 0.5) is 10.5 Å². The maximum Gasteiger partial charge on any atom is 0.319 e. The molecule has 0 aliphatic rings. The summed E-state index contributed by atoms with van der Waals surface area (Å²) in [6.45, 7) is 2.50. The van der Waals surface area contributed by atoms with Crippen LogP contribution in [0.1, 0.15) is 13.3 Å².